The molecular formula is C12H11Cl2N3OS. The highest BCUT2D eigenvalue weighted by molar-refractivity contribution is 7.98. The fourth-order valence-corrected chi connectivity index (χ4v) is 3.07. The van der Waals surface area contributed by atoms with Gasteiger partial charge in [0, 0.05) is 29.3 Å². The molecule has 0 spiro atoms. The van der Waals surface area contributed by atoms with Crippen molar-refractivity contribution in [3.05, 3.63) is 49.6 Å². The molecule has 0 atom stereocenters. The van der Waals surface area contributed by atoms with Crippen LogP contribution in [-0.2, 0) is 5.75 Å². The van der Waals surface area contributed by atoms with Crippen LogP contribution in [0.3, 0.4) is 0 Å². The van der Waals surface area contributed by atoms with Crippen LogP contribution in [-0.4, -0.2) is 15.0 Å². The number of nitrogens with one attached hydrogen (secondary N) is 1. The van der Waals surface area contributed by atoms with Crippen molar-refractivity contribution in [1.29, 1.82) is 0 Å². The third kappa shape index (κ3) is 3.49. The summed E-state index contributed by atoms with van der Waals surface area (Å²) in [6.45, 7) is 3.64. The fourth-order valence-electron chi connectivity index (χ4n) is 1.50. The summed E-state index contributed by atoms with van der Waals surface area (Å²) in [6, 6.07) is 1.44. The summed E-state index contributed by atoms with van der Waals surface area (Å²) >= 11 is 13.6. The van der Waals surface area contributed by atoms with Crippen LogP contribution in [0.25, 0.3) is 0 Å². The highest BCUT2D eigenvalue weighted by atomic mass is 35.5. The molecule has 1 N–H and O–H groups in total. The minimum absolute atomic E-state index is 0.172. The van der Waals surface area contributed by atoms with E-state index in [1.165, 1.54) is 17.8 Å². The van der Waals surface area contributed by atoms with Gasteiger partial charge in [-0.15, -0.1) is 0 Å². The van der Waals surface area contributed by atoms with Crippen LogP contribution in [0.1, 0.15) is 16.8 Å². The van der Waals surface area contributed by atoms with Gasteiger partial charge >= 0.3 is 0 Å². The number of thioether (sulfide) groups is 1. The monoisotopic (exact) mass is 315 g/mol. The topological polar surface area (TPSA) is 58.6 Å². The third-order valence-corrected chi connectivity index (χ3v) is 4.18. The second kappa shape index (κ2) is 5.94. The van der Waals surface area contributed by atoms with Crippen molar-refractivity contribution in [1.82, 2.24) is 15.0 Å². The number of aryl methyl sites for hydroxylation is 2. The second-order valence-electron chi connectivity index (χ2n) is 4.01. The predicted octanol–water partition coefficient (Wildman–Crippen LogP) is 3.38. The second-order valence-corrected chi connectivity index (χ2v) is 5.71. The van der Waals surface area contributed by atoms with Gasteiger partial charge in [-0.2, -0.15) is 0 Å². The Labute approximate surface area is 124 Å². The van der Waals surface area contributed by atoms with E-state index in [1.807, 2.05) is 6.92 Å². The summed E-state index contributed by atoms with van der Waals surface area (Å²) in [5.41, 5.74) is 2.12. The molecule has 2 rings (SSSR count). The Morgan fingerprint density at radius 3 is 2.79 bits per heavy atom. The maximum Gasteiger partial charge on any atom is 0.251 e. The van der Waals surface area contributed by atoms with Gasteiger partial charge in [-0.25, -0.2) is 9.97 Å². The highest BCUT2D eigenvalue weighted by Gasteiger charge is 2.11. The fraction of sp³-hybridized carbons (Fsp3) is 0.250. The lowest BCUT2D eigenvalue weighted by Gasteiger charge is -2.08. The molecule has 0 saturated heterocycles. The Morgan fingerprint density at radius 2 is 2.11 bits per heavy atom. The van der Waals surface area contributed by atoms with Crippen molar-refractivity contribution < 1.29 is 0 Å². The van der Waals surface area contributed by atoms with Gasteiger partial charge in [0.15, 0.2) is 5.16 Å². The first-order chi connectivity index (χ1) is 8.97. The number of nitrogens with zero attached hydrogens (tertiary/aromatic N) is 2. The maximum atomic E-state index is 11.3. The van der Waals surface area contributed by atoms with E-state index in [9.17, 15) is 4.79 Å². The van der Waals surface area contributed by atoms with Crippen LogP contribution in [0, 0.1) is 13.8 Å². The predicted molar refractivity (Wildman–Crippen MR) is 78.1 cm³/mol. The third-order valence-electron chi connectivity index (χ3n) is 2.43. The van der Waals surface area contributed by atoms with E-state index < -0.39 is 0 Å². The van der Waals surface area contributed by atoms with Crippen molar-refractivity contribution in [3.63, 3.8) is 0 Å². The van der Waals surface area contributed by atoms with E-state index in [1.54, 1.807) is 13.1 Å². The molecule has 0 unspecified atom stereocenters. The van der Waals surface area contributed by atoms with Crippen LogP contribution in [0.5, 0.6) is 0 Å². The molecule has 0 aliphatic rings. The number of aromatic nitrogens is 3. The molecule has 0 radical (unpaired) electrons. The van der Waals surface area contributed by atoms with E-state index in [2.05, 4.69) is 15.0 Å². The lowest BCUT2D eigenvalue weighted by molar-refractivity contribution is 0.905. The smallest absolute Gasteiger partial charge is 0.251 e. The minimum Gasteiger partial charge on any atom is -0.301 e. The highest BCUT2D eigenvalue weighted by Crippen LogP contribution is 2.30. The van der Waals surface area contributed by atoms with Gasteiger partial charge in [-0.1, -0.05) is 35.0 Å². The maximum absolute atomic E-state index is 11.3. The summed E-state index contributed by atoms with van der Waals surface area (Å²) in [5, 5.41) is 1.51. The normalized spacial score (nSPS) is 10.7. The molecule has 2 aromatic heterocycles. The van der Waals surface area contributed by atoms with Crippen LogP contribution < -0.4 is 5.56 Å². The first-order valence-corrected chi connectivity index (χ1v) is 7.22. The van der Waals surface area contributed by atoms with Gasteiger partial charge in [-0.3, -0.25) is 4.79 Å². The van der Waals surface area contributed by atoms with Gasteiger partial charge in [0.25, 0.3) is 5.56 Å². The lowest BCUT2D eigenvalue weighted by atomic mass is 10.2. The standard InChI is InChI=1S/C12H11Cl2N3OS/c1-6-4-15-11(14)8(10(6)13)5-19-12-16-7(2)3-9(18)17-12/h3-4H,5H2,1-2H3,(H,16,17,18). The molecule has 0 aromatic carbocycles. The molecule has 0 amide bonds. The summed E-state index contributed by atoms with van der Waals surface area (Å²) in [6.07, 6.45) is 1.63. The van der Waals surface area contributed by atoms with Gasteiger partial charge in [0.05, 0.1) is 5.02 Å². The van der Waals surface area contributed by atoms with Gasteiger partial charge in [0.1, 0.15) is 5.15 Å². The number of rotatable bonds is 3. The lowest BCUT2D eigenvalue weighted by Crippen LogP contribution is -2.08. The zero-order valence-electron chi connectivity index (χ0n) is 10.3. The molecule has 19 heavy (non-hydrogen) atoms. The zero-order valence-corrected chi connectivity index (χ0v) is 12.7. The largest absolute Gasteiger partial charge is 0.301 e. The summed E-state index contributed by atoms with van der Waals surface area (Å²) < 4.78 is 0. The van der Waals surface area contributed by atoms with E-state index >= 15 is 0 Å². The first kappa shape index (κ1) is 14.4. The average molecular weight is 316 g/mol. The summed E-state index contributed by atoms with van der Waals surface area (Å²) in [4.78, 5) is 22.3. The minimum atomic E-state index is -0.172. The van der Waals surface area contributed by atoms with E-state index in [4.69, 9.17) is 23.2 Å². The Morgan fingerprint density at radius 1 is 1.37 bits per heavy atom. The Balaban J connectivity index is 2.23. The number of H-pyrrole nitrogens is 1. The average Bonchev–Trinajstić information content (AvgIpc) is 2.33. The summed E-state index contributed by atoms with van der Waals surface area (Å²) in [7, 11) is 0. The molecule has 0 aliphatic carbocycles. The van der Waals surface area contributed by atoms with Crippen LogP contribution in [0.4, 0.5) is 0 Å². The number of halogens is 2. The number of hydrogen-bond acceptors (Lipinski definition) is 4. The number of pyridine rings is 1. The van der Waals surface area contributed by atoms with Crippen molar-refractivity contribution >= 4 is 35.0 Å². The van der Waals surface area contributed by atoms with Gasteiger partial charge < -0.3 is 4.98 Å². The first-order valence-electron chi connectivity index (χ1n) is 5.47. The van der Waals surface area contributed by atoms with Crippen molar-refractivity contribution in [2.24, 2.45) is 0 Å². The molecule has 0 fully saturated rings. The number of hydrogen-bond donors (Lipinski definition) is 1. The molecule has 2 heterocycles. The summed E-state index contributed by atoms with van der Waals surface area (Å²) in [5.74, 6) is 0.499. The molecule has 100 valence electrons. The molecular weight excluding hydrogens is 305 g/mol. The van der Waals surface area contributed by atoms with Crippen molar-refractivity contribution in [3.8, 4) is 0 Å². The quantitative estimate of drug-likeness (QED) is 0.536. The SMILES string of the molecule is Cc1cc(=O)[nH]c(SCc2c(Cl)ncc(C)c2Cl)n1. The molecule has 7 heteroatoms. The Hall–Kier alpha value is -1.04. The molecule has 4 nitrogen and oxygen atoms in total. The van der Waals surface area contributed by atoms with Crippen LogP contribution >= 0.6 is 35.0 Å². The zero-order chi connectivity index (χ0) is 14.0. The Kier molecular flexibility index (Phi) is 4.50. The molecule has 0 aliphatic heterocycles. The van der Waals surface area contributed by atoms with Crippen LogP contribution in [0.2, 0.25) is 10.2 Å². The van der Waals surface area contributed by atoms with Crippen LogP contribution in [0.15, 0.2) is 22.2 Å². The van der Waals surface area contributed by atoms with Gasteiger partial charge in [-0.05, 0) is 19.4 Å². The Bertz CT molecular complexity index is 673. The van der Waals surface area contributed by atoms with Crippen molar-refractivity contribution in [2.75, 3.05) is 0 Å². The van der Waals surface area contributed by atoms with E-state index in [-0.39, 0.29) is 5.56 Å². The molecule has 0 bridgehead atoms. The van der Waals surface area contributed by atoms with Gasteiger partial charge in [0.2, 0.25) is 0 Å². The van der Waals surface area contributed by atoms with E-state index in [0.717, 1.165) is 11.1 Å². The number of aromatic amines is 1. The molecule has 2 aromatic rings. The van der Waals surface area contributed by atoms with E-state index in [0.29, 0.717) is 26.8 Å². The molecule has 0 saturated carbocycles. The van der Waals surface area contributed by atoms with Crippen molar-refractivity contribution in [2.45, 2.75) is 24.8 Å².